The zero-order chi connectivity index (χ0) is 9.52. The van der Waals surface area contributed by atoms with E-state index in [0.29, 0.717) is 0 Å². The summed E-state index contributed by atoms with van der Waals surface area (Å²) in [5, 5.41) is 0. The molecule has 0 radical (unpaired) electrons. The van der Waals surface area contributed by atoms with Gasteiger partial charge in [-0.25, -0.2) is 0 Å². The maximum absolute atomic E-state index is 3.78. The van der Waals surface area contributed by atoms with Gasteiger partial charge in [-0.3, -0.25) is 4.98 Å². The second-order valence-corrected chi connectivity index (χ2v) is 3.64. The number of hydrogen-bond acceptors (Lipinski definition) is 1. The van der Waals surface area contributed by atoms with Crippen LogP contribution < -0.4 is 0 Å². The van der Waals surface area contributed by atoms with E-state index in [0.717, 1.165) is 0 Å². The Morgan fingerprint density at radius 2 is 1.92 bits per heavy atom. The van der Waals surface area contributed by atoms with E-state index in [2.05, 4.69) is 45.5 Å². The van der Waals surface area contributed by atoms with Crippen LogP contribution in [0.4, 0.5) is 0 Å². The number of hydrogen-bond donors (Lipinski definition) is 1. The second-order valence-electron chi connectivity index (χ2n) is 2.48. The molecule has 2 aromatic heterocycles. The molecule has 2 rings (SSSR count). The molecule has 0 fully saturated rings. The predicted octanol–water partition coefficient (Wildman–Crippen LogP) is 3.01. The molecule has 0 atom stereocenters. The number of pyridine rings is 1. The van der Waals surface area contributed by atoms with Crippen molar-refractivity contribution in [2.75, 3.05) is 0 Å². The van der Waals surface area contributed by atoms with Gasteiger partial charge in [0.15, 0.2) is 0 Å². The van der Waals surface area contributed by atoms with E-state index in [1.54, 1.807) is 12.4 Å². The fourth-order valence-electron chi connectivity index (χ4n) is 0.746. The highest BCUT2D eigenvalue weighted by Gasteiger charge is 1.87. The van der Waals surface area contributed by atoms with Crippen LogP contribution in [0.3, 0.4) is 0 Å². The highest BCUT2D eigenvalue weighted by molar-refractivity contribution is 14.1. The molecular formula is C10H11IN2. The molecule has 0 unspecified atom stereocenters. The van der Waals surface area contributed by atoms with Gasteiger partial charge in [-0.2, -0.15) is 0 Å². The molecule has 0 spiro atoms. The van der Waals surface area contributed by atoms with E-state index in [1.165, 1.54) is 9.26 Å². The monoisotopic (exact) mass is 286 g/mol. The molecule has 2 heterocycles. The van der Waals surface area contributed by atoms with E-state index in [1.807, 2.05) is 24.4 Å². The lowest BCUT2D eigenvalue weighted by Crippen LogP contribution is -1.68. The van der Waals surface area contributed by atoms with Crippen LogP contribution in [-0.2, 0) is 0 Å². The Hall–Kier alpha value is -0.840. The molecule has 0 amide bonds. The summed E-state index contributed by atoms with van der Waals surface area (Å²) in [6, 6.07) is 7.77. The third-order valence-corrected chi connectivity index (χ3v) is 2.62. The van der Waals surface area contributed by atoms with E-state index in [9.17, 15) is 0 Å². The summed E-state index contributed by atoms with van der Waals surface area (Å²) in [4.78, 5) is 6.85. The van der Waals surface area contributed by atoms with Gasteiger partial charge in [-0.1, -0.05) is 6.07 Å². The minimum atomic E-state index is 1.25. The first kappa shape index (κ1) is 10.2. The van der Waals surface area contributed by atoms with Crippen LogP contribution in [0.2, 0.25) is 0 Å². The van der Waals surface area contributed by atoms with Gasteiger partial charge in [-0.05, 0) is 47.7 Å². The molecule has 0 aliphatic heterocycles. The summed E-state index contributed by atoms with van der Waals surface area (Å²) in [5.74, 6) is 0. The molecule has 0 saturated carbocycles. The van der Waals surface area contributed by atoms with E-state index in [4.69, 9.17) is 0 Å². The van der Waals surface area contributed by atoms with Gasteiger partial charge in [0.1, 0.15) is 0 Å². The zero-order valence-electron chi connectivity index (χ0n) is 7.37. The van der Waals surface area contributed by atoms with Gasteiger partial charge in [0, 0.05) is 27.9 Å². The Kier molecular flexibility index (Phi) is 4.53. The number of nitrogens with one attached hydrogen (secondary N) is 1. The van der Waals surface area contributed by atoms with Crippen molar-refractivity contribution in [3.63, 3.8) is 0 Å². The van der Waals surface area contributed by atoms with Gasteiger partial charge in [0.2, 0.25) is 0 Å². The Morgan fingerprint density at radius 3 is 2.08 bits per heavy atom. The third-order valence-electron chi connectivity index (χ3n) is 1.45. The molecule has 0 aliphatic rings. The van der Waals surface area contributed by atoms with Crippen LogP contribution in [0, 0.1) is 10.5 Å². The predicted molar refractivity (Wildman–Crippen MR) is 62.5 cm³/mol. The van der Waals surface area contributed by atoms with Crippen molar-refractivity contribution >= 4 is 22.6 Å². The van der Waals surface area contributed by atoms with E-state index >= 15 is 0 Å². The molecule has 1 N–H and O–H groups in total. The lowest BCUT2D eigenvalue weighted by atomic mass is 10.5. The number of rotatable bonds is 0. The van der Waals surface area contributed by atoms with Crippen molar-refractivity contribution < 1.29 is 0 Å². The quantitative estimate of drug-likeness (QED) is 0.741. The maximum atomic E-state index is 3.78. The number of H-pyrrole nitrogens is 1. The number of nitrogens with zero attached hydrogens (tertiary/aromatic N) is 1. The minimum absolute atomic E-state index is 1.25. The first-order valence-corrected chi connectivity index (χ1v) is 5.03. The molecule has 3 heteroatoms. The topological polar surface area (TPSA) is 28.7 Å². The normalized spacial score (nSPS) is 8.77. The van der Waals surface area contributed by atoms with E-state index in [-0.39, 0.29) is 0 Å². The highest BCUT2D eigenvalue weighted by atomic mass is 127. The van der Waals surface area contributed by atoms with Crippen LogP contribution in [0.25, 0.3) is 0 Å². The minimum Gasteiger partial charge on any atom is -0.364 e. The summed E-state index contributed by atoms with van der Waals surface area (Å²) in [6.45, 7) is 2.06. The molecule has 68 valence electrons. The average molecular weight is 286 g/mol. The second kappa shape index (κ2) is 5.75. The fraction of sp³-hybridized carbons (Fsp3) is 0.100. The molecule has 0 bridgehead atoms. The van der Waals surface area contributed by atoms with Crippen molar-refractivity contribution in [2.45, 2.75) is 6.92 Å². The van der Waals surface area contributed by atoms with Gasteiger partial charge < -0.3 is 4.98 Å². The van der Waals surface area contributed by atoms with Crippen molar-refractivity contribution in [1.29, 1.82) is 0 Å². The largest absolute Gasteiger partial charge is 0.364 e. The maximum Gasteiger partial charge on any atom is 0.0334 e. The highest BCUT2D eigenvalue weighted by Crippen LogP contribution is 2.06. The van der Waals surface area contributed by atoms with Crippen molar-refractivity contribution in [3.05, 3.63) is 52.1 Å². The van der Waals surface area contributed by atoms with Gasteiger partial charge in [-0.15, -0.1) is 0 Å². The van der Waals surface area contributed by atoms with Crippen LogP contribution in [-0.4, -0.2) is 9.97 Å². The molecule has 13 heavy (non-hydrogen) atoms. The molecule has 0 aliphatic carbocycles. The zero-order valence-corrected chi connectivity index (χ0v) is 9.52. The van der Waals surface area contributed by atoms with Crippen LogP contribution in [0.5, 0.6) is 0 Å². The van der Waals surface area contributed by atoms with Crippen LogP contribution in [0.15, 0.2) is 42.9 Å². The molecule has 2 aromatic rings. The molecular weight excluding hydrogens is 275 g/mol. The Labute approximate surface area is 91.5 Å². The fourth-order valence-corrected chi connectivity index (χ4v) is 1.08. The summed E-state index contributed by atoms with van der Waals surface area (Å²) >= 11 is 2.29. The van der Waals surface area contributed by atoms with Crippen molar-refractivity contribution in [2.24, 2.45) is 0 Å². The summed E-state index contributed by atoms with van der Waals surface area (Å²) in [5.41, 5.74) is 1.25. The third kappa shape index (κ3) is 4.07. The number of halogens is 1. The van der Waals surface area contributed by atoms with Crippen LogP contribution in [0.1, 0.15) is 5.69 Å². The van der Waals surface area contributed by atoms with Gasteiger partial charge >= 0.3 is 0 Å². The number of aromatic amines is 1. The van der Waals surface area contributed by atoms with Crippen LogP contribution >= 0.6 is 22.6 Å². The lowest BCUT2D eigenvalue weighted by molar-refractivity contribution is 1.25. The number of aromatic nitrogens is 2. The smallest absolute Gasteiger partial charge is 0.0334 e. The Bertz CT molecular complexity index is 286. The number of aryl methyl sites for hydroxylation is 1. The molecule has 0 saturated heterocycles. The summed E-state index contributed by atoms with van der Waals surface area (Å²) in [6.07, 6.45) is 5.44. The molecule has 0 aromatic carbocycles. The standard InChI is InChI=1S/C5H6IN.C5H5N/c1-4-5(6)2-3-7-4;1-2-4-6-5-3-1/h2-3,7H,1H3;1-5H. The van der Waals surface area contributed by atoms with E-state index < -0.39 is 0 Å². The van der Waals surface area contributed by atoms with Gasteiger partial charge in [0.25, 0.3) is 0 Å². The first-order chi connectivity index (χ1) is 6.30. The summed E-state index contributed by atoms with van der Waals surface area (Å²) < 4.78 is 1.30. The lowest BCUT2D eigenvalue weighted by Gasteiger charge is -1.79. The molecule has 2 nitrogen and oxygen atoms in total. The van der Waals surface area contributed by atoms with Crippen molar-refractivity contribution in [3.8, 4) is 0 Å². The Morgan fingerprint density at radius 1 is 1.23 bits per heavy atom. The summed E-state index contributed by atoms with van der Waals surface area (Å²) in [7, 11) is 0. The average Bonchev–Trinajstić information content (AvgIpc) is 2.55. The van der Waals surface area contributed by atoms with Gasteiger partial charge in [0.05, 0.1) is 0 Å². The first-order valence-electron chi connectivity index (χ1n) is 3.95. The SMILES string of the molecule is Cc1[nH]ccc1I.c1ccncc1. The Balaban J connectivity index is 0.000000132. The van der Waals surface area contributed by atoms with Crippen molar-refractivity contribution in [1.82, 2.24) is 9.97 Å².